The molecule has 4 unspecified atom stereocenters. The highest BCUT2D eigenvalue weighted by Crippen LogP contribution is 2.39. The fraction of sp³-hybridized carbons (Fsp3) is 1.00. The average molecular weight is 282 g/mol. The van der Waals surface area contributed by atoms with Crippen molar-refractivity contribution in [3.05, 3.63) is 0 Å². The second-order valence-corrected chi connectivity index (χ2v) is 7.87. The Labute approximate surface area is 125 Å². The molecule has 0 spiro atoms. The highest BCUT2D eigenvalue weighted by Gasteiger charge is 2.38. The summed E-state index contributed by atoms with van der Waals surface area (Å²) in [4.78, 5) is 2.71. The lowest BCUT2D eigenvalue weighted by Gasteiger charge is -2.46. The van der Waals surface area contributed by atoms with E-state index >= 15 is 0 Å². The molecule has 1 aliphatic carbocycles. The van der Waals surface area contributed by atoms with Crippen LogP contribution in [0, 0.1) is 11.3 Å². The van der Waals surface area contributed by atoms with Crippen molar-refractivity contribution in [1.82, 2.24) is 10.2 Å². The van der Waals surface area contributed by atoms with Gasteiger partial charge in [-0.15, -0.1) is 0 Å². The van der Waals surface area contributed by atoms with Gasteiger partial charge in [0, 0.05) is 31.8 Å². The summed E-state index contributed by atoms with van der Waals surface area (Å²) in [6.45, 7) is 12.7. The number of nitrogens with zero attached hydrogens (tertiary/aromatic N) is 1. The number of hydrogen-bond donors (Lipinski definition) is 1. The van der Waals surface area contributed by atoms with Gasteiger partial charge in [-0.1, -0.05) is 20.8 Å². The van der Waals surface area contributed by atoms with E-state index in [-0.39, 0.29) is 0 Å². The largest absolute Gasteiger partial charge is 0.377 e. The van der Waals surface area contributed by atoms with Crippen LogP contribution in [0.15, 0.2) is 0 Å². The third kappa shape index (κ3) is 3.96. The molecule has 3 nitrogen and oxygen atoms in total. The summed E-state index contributed by atoms with van der Waals surface area (Å²) in [5, 5.41) is 3.58. The van der Waals surface area contributed by atoms with Crippen molar-refractivity contribution in [3.8, 4) is 0 Å². The Morgan fingerprint density at radius 1 is 1.20 bits per heavy atom. The van der Waals surface area contributed by atoms with Crippen LogP contribution in [0.25, 0.3) is 0 Å². The summed E-state index contributed by atoms with van der Waals surface area (Å²) in [6.07, 6.45) is 5.57. The number of hydrogen-bond acceptors (Lipinski definition) is 3. The average Bonchev–Trinajstić information content (AvgIpc) is 2.61. The van der Waals surface area contributed by atoms with Crippen molar-refractivity contribution in [2.45, 2.75) is 71.6 Å². The Hall–Kier alpha value is -0.120. The van der Waals surface area contributed by atoms with E-state index < -0.39 is 0 Å². The Morgan fingerprint density at radius 3 is 2.60 bits per heavy atom. The van der Waals surface area contributed by atoms with Crippen LogP contribution in [0.5, 0.6) is 0 Å². The van der Waals surface area contributed by atoms with Gasteiger partial charge in [0.05, 0.1) is 6.10 Å². The van der Waals surface area contributed by atoms with Crippen molar-refractivity contribution in [2.24, 2.45) is 11.3 Å². The molecular formula is C17H34N2O. The molecule has 1 saturated heterocycles. The van der Waals surface area contributed by atoms with Crippen LogP contribution in [0.2, 0.25) is 0 Å². The molecule has 0 amide bonds. The first-order valence-electron chi connectivity index (χ1n) is 8.44. The van der Waals surface area contributed by atoms with E-state index in [0.717, 1.165) is 19.1 Å². The molecule has 0 aromatic rings. The molecule has 0 bridgehead atoms. The van der Waals surface area contributed by atoms with Crippen LogP contribution in [0.1, 0.15) is 53.4 Å². The topological polar surface area (TPSA) is 24.5 Å². The maximum atomic E-state index is 5.82. The summed E-state index contributed by atoms with van der Waals surface area (Å²) >= 11 is 0. The van der Waals surface area contributed by atoms with Crippen molar-refractivity contribution in [3.63, 3.8) is 0 Å². The van der Waals surface area contributed by atoms with Gasteiger partial charge >= 0.3 is 0 Å². The lowest BCUT2D eigenvalue weighted by molar-refractivity contribution is 0.0317. The third-order valence-electron chi connectivity index (χ3n) is 5.36. The molecule has 4 atom stereocenters. The first-order chi connectivity index (χ1) is 9.41. The van der Waals surface area contributed by atoms with Gasteiger partial charge in [0.25, 0.3) is 0 Å². The van der Waals surface area contributed by atoms with Gasteiger partial charge in [0.15, 0.2) is 0 Å². The van der Waals surface area contributed by atoms with Crippen molar-refractivity contribution in [2.75, 3.05) is 26.7 Å². The summed E-state index contributed by atoms with van der Waals surface area (Å²) in [5.74, 6) is 0.844. The highest BCUT2D eigenvalue weighted by molar-refractivity contribution is 4.94. The summed E-state index contributed by atoms with van der Waals surface area (Å²) < 4.78 is 5.82. The van der Waals surface area contributed by atoms with E-state index in [1.165, 1.54) is 32.2 Å². The molecule has 2 rings (SSSR count). The molecule has 0 aromatic heterocycles. The van der Waals surface area contributed by atoms with E-state index in [9.17, 15) is 0 Å². The lowest BCUT2D eigenvalue weighted by Crippen LogP contribution is -2.54. The molecule has 0 radical (unpaired) electrons. The van der Waals surface area contributed by atoms with E-state index in [0.29, 0.717) is 23.6 Å². The minimum Gasteiger partial charge on any atom is -0.377 e. The molecule has 1 N–H and O–H groups in total. The standard InChI is InChI=1S/C17H34N2O/c1-13-12-19(9-6-10-20-13)16-11-14(17(2,3)4)7-8-15(16)18-5/h13-16,18H,6-12H2,1-5H3. The highest BCUT2D eigenvalue weighted by atomic mass is 16.5. The molecule has 3 heteroatoms. The number of likely N-dealkylation sites (N-methyl/N-ethyl adjacent to an activating group) is 1. The number of rotatable bonds is 2. The van der Waals surface area contributed by atoms with Gasteiger partial charge < -0.3 is 10.1 Å². The summed E-state index contributed by atoms with van der Waals surface area (Å²) in [7, 11) is 2.13. The Kier molecular flexibility index (Phi) is 5.49. The van der Waals surface area contributed by atoms with Crippen molar-refractivity contribution >= 4 is 0 Å². The maximum Gasteiger partial charge on any atom is 0.0674 e. The van der Waals surface area contributed by atoms with Gasteiger partial charge in [-0.05, 0) is 51.0 Å². The normalized spacial score (nSPS) is 37.6. The quantitative estimate of drug-likeness (QED) is 0.843. The second kappa shape index (κ2) is 6.76. The second-order valence-electron chi connectivity index (χ2n) is 7.87. The van der Waals surface area contributed by atoms with E-state index in [1.807, 2.05) is 0 Å². The molecule has 20 heavy (non-hydrogen) atoms. The van der Waals surface area contributed by atoms with Crippen LogP contribution < -0.4 is 5.32 Å². The summed E-state index contributed by atoms with van der Waals surface area (Å²) in [6, 6.07) is 1.33. The van der Waals surface area contributed by atoms with Crippen LogP contribution >= 0.6 is 0 Å². The Bertz CT molecular complexity index is 300. The molecular weight excluding hydrogens is 248 g/mol. The zero-order valence-electron chi connectivity index (χ0n) is 14.1. The zero-order valence-corrected chi connectivity index (χ0v) is 14.1. The SMILES string of the molecule is CNC1CCC(C(C)(C)C)CC1N1CCCOC(C)C1. The van der Waals surface area contributed by atoms with E-state index in [4.69, 9.17) is 4.74 Å². The van der Waals surface area contributed by atoms with Gasteiger partial charge in [0.1, 0.15) is 0 Å². The third-order valence-corrected chi connectivity index (χ3v) is 5.36. The molecule has 2 aliphatic rings. The van der Waals surface area contributed by atoms with Crippen LogP contribution in [0.3, 0.4) is 0 Å². The summed E-state index contributed by atoms with van der Waals surface area (Å²) in [5.41, 5.74) is 0.435. The van der Waals surface area contributed by atoms with Gasteiger partial charge in [-0.25, -0.2) is 0 Å². The fourth-order valence-corrected chi connectivity index (χ4v) is 4.00. The van der Waals surface area contributed by atoms with Crippen molar-refractivity contribution in [1.29, 1.82) is 0 Å². The minimum atomic E-state index is 0.380. The van der Waals surface area contributed by atoms with Crippen LogP contribution in [-0.4, -0.2) is 49.8 Å². The predicted molar refractivity (Wildman–Crippen MR) is 85.0 cm³/mol. The Balaban J connectivity index is 2.07. The fourth-order valence-electron chi connectivity index (χ4n) is 4.00. The minimum absolute atomic E-state index is 0.380. The van der Waals surface area contributed by atoms with Crippen LogP contribution in [0.4, 0.5) is 0 Å². The number of nitrogens with one attached hydrogen (secondary N) is 1. The molecule has 1 aliphatic heterocycles. The predicted octanol–water partition coefficient (Wildman–Crippen LogP) is 2.90. The first kappa shape index (κ1) is 16.3. The molecule has 1 saturated carbocycles. The smallest absolute Gasteiger partial charge is 0.0674 e. The molecule has 1 heterocycles. The molecule has 0 aromatic carbocycles. The van der Waals surface area contributed by atoms with E-state index in [1.54, 1.807) is 0 Å². The van der Waals surface area contributed by atoms with Crippen molar-refractivity contribution < 1.29 is 4.74 Å². The maximum absolute atomic E-state index is 5.82. The Morgan fingerprint density at radius 2 is 1.95 bits per heavy atom. The first-order valence-corrected chi connectivity index (χ1v) is 8.44. The van der Waals surface area contributed by atoms with Gasteiger partial charge in [-0.3, -0.25) is 4.90 Å². The zero-order chi connectivity index (χ0) is 14.8. The van der Waals surface area contributed by atoms with Gasteiger partial charge in [0.2, 0.25) is 0 Å². The monoisotopic (exact) mass is 282 g/mol. The number of ether oxygens (including phenoxy) is 1. The van der Waals surface area contributed by atoms with Crippen LogP contribution in [-0.2, 0) is 4.74 Å². The van der Waals surface area contributed by atoms with Gasteiger partial charge in [-0.2, -0.15) is 0 Å². The lowest BCUT2D eigenvalue weighted by atomic mass is 9.69. The molecule has 118 valence electrons. The van der Waals surface area contributed by atoms with E-state index in [2.05, 4.69) is 45.0 Å². The molecule has 2 fully saturated rings.